The average Bonchev–Trinajstić information content (AvgIpc) is 3.71. The fourth-order valence-corrected chi connectivity index (χ4v) is 7.17. The Morgan fingerprint density at radius 1 is 1.04 bits per heavy atom. The first kappa shape index (κ1) is 30.6. The molecule has 3 aromatic carbocycles. The summed E-state index contributed by atoms with van der Waals surface area (Å²) in [5, 5.41) is 11.6. The van der Waals surface area contributed by atoms with Crippen molar-refractivity contribution in [1.82, 2.24) is 19.8 Å². The Kier molecular flexibility index (Phi) is 7.13. The molecule has 2 N–H and O–H groups in total. The molecule has 0 saturated carbocycles. The monoisotopic (exact) mass is 624 g/mol. The van der Waals surface area contributed by atoms with Gasteiger partial charge in [-0.15, -0.1) is 0 Å². The van der Waals surface area contributed by atoms with E-state index >= 15 is 0 Å². The minimum Gasteiger partial charge on any atom is -0.488 e. The number of carbonyl (C=O) groups excluding carboxylic acids is 1. The van der Waals surface area contributed by atoms with E-state index < -0.39 is 30.5 Å². The van der Waals surface area contributed by atoms with E-state index in [2.05, 4.69) is 69.1 Å². The van der Waals surface area contributed by atoms with Crippen LogP contribution < -0.4 is 10.2 Å². The van der Waals surface area contributed by atoms with Crippen LogP contribution in [-0.2, 0) is 20.7 Å². The maximum absolute atomic E-state index is 13.7. The lowest BCUT2D eigenvalue weighted by molar-refractivity contribution is -0.138. The summed E-state index contributed by atoms with van der Waals surface area (Å²) in [7, 11) is 1.03. The van der Waals surface area contributed by atoms with Crippen molar-refractivity contribution in [2.24, 2.45) is 5.92 Å². The number of hydrogen-bond donors (Lipinski definition) is 2. The SMILES string of the molecule is CC(C)[C@@H](C(=O)N1CCC[C@H]1c1nc2c(ccc3c4c(ccc32)-c2ccc(B3OC(C)(C)C(C)(C)O3)cc2CO4)[nH]1)N(C)C(=O)O. The Morgan fingerprint density at radius 2 is 1.74 bits per heavy atom. The highest BCUT2D eigenvalue weighted by atomic mass is 16.7. The number of fused-ring (bicyclic) bond motifs is 7. The first-order chi connectivity index (χ1) is 21.8. The molecule has 4 aromatic rings. The third kappa shape index (κ3) is 4.74. The van der Waals surface area contributed by atoms with Gasteiger partial charge in [-0.2, -0.15) is 0 Å². The van der Waals surface area contributed by atoms with Gasteiger partial charge in [-0.05, 0) is 81.2 Å². The number of rotatable bonds is 5. The van der Waals surface area contributed by atoms with Crippen LogP contribution in [0, 0.1) is 5.92 Å². The van der Waals surface area contributed by atoms with Crippen LogP contribution in [0.15, 0.2) is 42.5 Å². The van der Waals surface area contributed by atoms with Crippen LogP contribution in [0.3, 0.4) is 0 Å². The van der Waals surface area contributed by atoms with Crippen LogP contribution in [0.5, 0.6) is 5.75 Å². The van der Waals surface area contributed by atoms with Crippen molar-refractivity contribution in [2.75, 3.05) is 13.6 Å². The van der Waals surface area contributed by atoms with Crippen molar-refractivity contribution in [3.05, 3.63) is 53.9 Å². The number of nitrogens with zero attached hydrogens (tertiary/aromatic N) is 3. The molecule has 0 unspecified atom stereocenters. The van der Waals surface area contributed by atoms with E-state index in [1.54, 1.807) is 4.90 Å². The minimum atomic E-state index is -1.11. The Hall–Kier alpha value is -4.09. The molecule has 2 atom stereocenters. The largest absolute Gasteiger partial charge is 0.494 e. The highest BCUT2D eigenvalue weighted by Crippen LogP contribution is 2.44. The molecule has 3 aliphatic heterocycles. The summed E-state index contributed by atoms with van der Waals surface area (Å²) in [4.78, 5) is 36.9. The van der Waals surface area contributed by atoms with Crippen LogP contribution in [-0.4, -0.2) is 74.8 Å². The van der Waals surface area contributed by atoms with Gasteiger partial charge >= 0.3 is 13.2 Å². The summed E-state index contributed by atoms with van der Waals surface area (Å²) in [5.41, 5.74) is 5.09. The van der Waals surface area contributed by atoms with Gasteiger partial charge in [0.25, 0.3) is 0 Å². The molecule has 240 valence electrons. The second kappa shape index (κ2) is 10.7. The third-order valence-electron chi connectivity index (χ3n) is 10.4. The highest BCUT2D eigenvalue weighted by Gasteiger charge is 2.52. The van der Waals surface area contributed by atoms with Crippen molar-refractivity contribution >= 4 is 46.4 Å². The molecule has 0 spiro atoms. The van der Waals surface area contributed by atoms with Crippen LogP contribution in [0.1, 0.15) is 71.8 Å². The average molecular weight is 625 g/mol. The molecular weight excluding hydrogens is 583 g/mol. The number of aromatic amines is 1. The predicted molar refractivity (Wildman–Crippen MR) is 177 cm³/mol. The molecule has 2 fully saturated rings. The number of amides is 2. The third-order valence-corrected chi connectivity index (χ3v) is 10.4. The molecule has 10 nitrogen and oxygen atoms in total. The van der Waals surface area contributed by atoms with Crippen molar-refractivity contribution in [3.63, 3.8) is 0 Å². The van der Waals surface area contributed by atoms with Crippen molar-refractivity contribution in [1.29, 1.82) is 0 Å². The van der Waals surface area contributed by atoms with Gasteiger partial charge in [0.15, 0.2) is 0 Å². The number of imidazole rings is 1. The molecule has 11 heteroatoms. The standard InChI is InChI=1S/C35H41BN4O6/c1-19(2)29(39(7)33(42)43)32(41)40-16-8-9-27(40)31-37-26-15-14-25-23(28(26)38-31)12-13-24-22-11-10-21(17-20(22)18-44-30(24)25)36-45-34(3,4)35(5,6)46-36/h10-15,17,19,27,29H,8-9,16,18H2,1-7H3,(H,37,38)(H,42,43)/t27-,29-/m0/s1. The first-order valence-electron chi connectivity index (χ1n) is 16.1. The van der Waals surface area contributed by atoms with Gasteiger partial charge < -0.3 is 29.0 Å². The van der Waals surface area contributed by atoms with E-state index in [0.717, 1.165) is 67.5 Å². The predicted octanol–water partition coefficient (Wildman–Crippen LogP) is 5.87. The Balaban J connectivity index is 1.21. The smallest absolute Gasteiger partial charge is 0.488 e. The first-order valence-corrected chi connectivity index (χ1v) is 16.1. The van der Waals surface area contributed by atoms with E-state index in [9.17, 15) is 14.7 Å². The zero-order chi connectivity index (χ0) is 32.7. The topological polar surface area (TPSA) is 117 Å². The van der Waals surface area contributed by atoms with Gasteiger partial charge in [0.05, 0.1) is 28.3 Å². The van der Waals surface area contributed by atoms with Gasteiger partial charge in [-0.3, -0.25) is 9.69 Å². The van der Waals surface area contributed by atoms with Crippen molar-refractivity contribution in [2.45, 2.75) is 84.3 Å². The van der Waals surface area contributed by atoms with Crippen molar-refractivity contribution in [3.8, 4) is 16.9 Å². The van der Waals surface area contributed by atoms with Gasteiger partial charge in [-0.1, -0.05) is 38.1 Å². The molecule has 2 amide bonds. The van der Waals surface area contributed by atoms with Gasteiger partial charge in [0, 0.05) is 29.9 Å². The number of nitrogens with one attached hydrogen (secondary N) is 1. The van der Waals surface area contributed by atoms with Gasteiger partial charge in [-0.25, -0.2) is 9.78 Å². The summed E-state index contributed by atoms with van der Waals surface area (Å²) in [6.07, 6.45) is 0.470. The molecule has 7 rings (SSSR count). The fourth-order valence-electron chi connectivity index (χ4n) is 7.17. The number of carboxylic acid groups (broad SMARTS) is 1. The van der Waals surface area contributed by atoms with E-state index in [4.69, 9.17) is 19.0 Å². The van der Waals surface area contributed by atoms with Crippen LogP contribution in [0.2, 0.25) is 0 Å². The number of benzene rings is 3. The van der Waals surface area contributed by atoms with E-state index in [1.165, 1.54) is 7.05 Å². The summed E-state index contributed by atoms with van der Waals surface area (Å²) in [6.45, 7) is 13.0. The Bertz CT molecular complexity index is 1870. The molecule has 2 saturated heterocycles. The van der Waals surface area contributed by atoms with Gasteiger partial charge in [0.2, 0.25) is 5.91 Å². The molecule has 0 aliphatic carbocycles. The van der Waals surface area contributed by atoms with Crippen molar-refractivity contribution < 1.29 is 28.7 Å². The van der Waals surface area contributed by atoms with E-state index in [-0.39, 0.29) is 17.9 Å². The molecule has 4 heterocycles. The van der Waals surface area contributed by atoms with E-state index in [1.807, 2.05) is 19.9 Å². The van der Waals surface area contributed by atoms with Gasteiger partial charge in [0.1, 0.15) is 24.2 Å². The summed E-state index contributed by atoms with van der Waals surface area (Å²) < 4.78 is 19.0. The Morgan fingerprint density at radius 3 is 2.43 bits per heavy atom. The summed E-state index contributed by atoms with van der Waals surface area (Å²) in [6, 6.07) is 13.6. The summed E-state index contributed by atoms with van der Waals surface area (Å²) in [5.74, 6) is 1.19. The lowest BCUT2D eigenvalue weighted by Gasteiger charge is -2.33. The zero-order valence-corrected chi connectivity index (χ0v) is 27.5. The highest BCUT2D eigenvalue weighted by molar-refractivity contribution is 6.62. The number of ether oxygens (including phenoxy) is 1. The number of aromatic nitrogens is 2. The molecule has 46 heavy (non-hydrogen) atoms. The lowest BCUT2D eigenvalue weighted by atomic mass is 9.77. The maximum atomic E-state index is 13.7. The van der Waals surface area contributed by atoms with Crippen LogP contribution >= 0.6 is 0 Å². The lowest BCUT2D eigenvalue weighted by Crippen LogP contribution is -2.51. The second-order valence-electron chi connectivity index (χ2n) is 14.2. The zero-order valence-electron chi connectivity index (χ0n) is 27.5. The molecule has 3 aliphatic rings. The molecular formula is C35H41BN4O6. The summed E-state index contributed by atoms with van der Waals surface area (Å²) >= 11 is 0. The second-order valence-corrected chi connectivity index (χ2v) is 14.2. The quantitative estimate of drug-likeness (QED) is 0.267. The molecule has 0 bridgehead atoms. The van der Waals surface area contributed by atoms with E-state index in [0.29, 0.717) is 19.0 Å². The maximum Gasteiger partial charge on any atom is 0.494 e. The molecule has 1 aromatic heterocycles. The van der Waals surface area contributed by atoms with Crippen LogP contribution in [0.25, 0.3) is 32.9 Å². The Labute approximate surface area is 269 Å². The minimum absolute atomic E-state index is 0.166. The molecule has 0 radical (unpaired) electrons. The fraction of sp³-hybridized carbons (Fsp3) is 0.457. The number of hydrogen-bond acceptors (Lipinski definition) is 6. The number of likely N-dealkylation sites (N-methyl/N-ethyl adjacent to an activating group) is 1. The number of H-pyrrole nitrogens is 1. The normalized spacial score (nSPS) is 20.6. The van der Waals surface area contributed by atoms with Crippen LogP contribution in [0.4, 0.5) is 4.79 Å². The number of likely N-dealkylation sites (tertiary alicyclic amines) is 1. The number of carbonyl (C=O) groups is 2.